The number of nitrogens with one attached hydrogen (secondary N) is 1. The highest BCUT2D eigenvalue weighted by molar-refractivity contribution is 8.00. The number of hydrogen-bond acceptors (Lipinski definition) is 6. The van der Waals surface area contributed by atoms with E-state index in [9.17, 15) is 18.0 Å². The number of benzene rings is 2. The fraction of sp³-hybridized carbons (Fsp3) is 0.348. The lowest BCUT2D eigenvalue weighted by Gasteiger charge is -2.12. The van der Waals surface area contributed by atoms with Gasteiger partial charge in [-0.1, -0.05) is 25.6 Å². The molecule has 3 rings (SSSR count). The molecule has 0 aliphatic heterocycles. The van der Waals surface area contributed by atoms with Crippen molar-refractivity contribution in [2.24, 2.45) is 5.14 Å². The van der Waals surface area contributed by atoms with Crippen LogP contribution in [-0.4, -0.2) is 34.9 Å². The maximum atomic E-state index is 13.0. The van der Waals surface area contributed by atoms with Crippen LogP contribution >= 0.6 is 11.8 Å². The van der Waals surface area contributed by atoms with Gasteiger partial charge in [0.05, 0.1) is 21.2 Å². The minimum atomic E-state index is -3.83. The molecule has 1 unspecified atom stereocenters. The van der Waals surface area contributed by atoms with Gasteiger partial charge in [-0.2, -0.15) is 0 Å². The first kappa shape index (κ1) is 24.9. The molecule has 33 heavy (non-hydrogen) atoms. The van der Waals surface area contributed by atoms with Crippen LogP contribution in [0.15, 0.2) is 52.5 Å². The first-order valence-corrected chi connectivity index (χ1v) is 13.2. The number of thioether (sulfide) groups is 1. The number of nitrogens with two attached hydrogens (primary N) is 1. The lowest BCUT2D eigenvalue weighted by molar-refractivity contribution is -0.116. The first-order chi connectivity index (χ1) is 15.6. The van der Waals surface area contributed by atoms with Gasteiger partial charge in [0.1, 0.15) is 0 Å². The molecule has 1 heterocycles. The Morgan fingerprint density at radius 2 is 1.82 bits per heavy atom. The number of sulfonamides is 1. The lowest BCUT2D eigenvalue weighted by Crippen LogP contribution is -2.15. The van der Waals surface area contributed by atoms with Crippen LogP contribution in [0.2, 0.25) is 0 Å². The number of Topliss-reactive ketones (excluding diaryl/α,β-unsaturated/α-hetero) is 1. The number of primary sulfonamides is 1. The molecule has 0 aliphatic rings. The number of hydrogen-bond donors (Lipinski definition) is 2. The minimum Gasteiger partial charge on any atom is -0.326 e. The molecule has 176 valence electrons. The number of fused-ring (bicyclic) bond motifs is 1. The number of nitrogens with zero attached hydrogens (tertiary/aromatic N) is 2. The van der Waals surface area contributed by atoms with Gasteiger partial charge >= 0.3 is 0 Å². The summed E-state index contributed by atoms with van der Waals surface area (Å²) in [6.07, 6.45) is 2.07. The Balaban J connectivity index is 1.81. The van der Waals surface area contributed by atoms with Gasteiger partial charge in [-0.15, -0.1) is 0 Å². The number of carbonyl (C=O) groups is 2. The number of carbonyl (C=O) groups excluding carboxylic acids is 2. The van der Waals surface area contributed by atoms with Gasteiger partial charge in [-0.05, 0) is 62.2 Å². The second kappa shape index (κ2) is 10.5. The van der Waals surface area contributed by atoms with Crippen molar-refractivity contribution < 1.29 is 18.0 Å². The molecule has 0 fully saturated rings. The Labute approximate surface area is 198 Å². The highest BCUT2D eigenvalue weighted by Gasteiger charge is 2.21. The number of anilines is 1. The molecular weight excluding hydrogens is 460 g/mol. The van der Waals surface area contributed by atoms with Crippen LogP contribution in [0.3, 0.4) is 0 Å². The molecule has 0 aliphatic carbocycles. The van der Waals surface area contributed by atoms with Crippen LogP contribution in [0.4, 0.5) is 5.69 Å². The molecular formula is C23H28N4O4S2. The van der Waals surface area contributed by atoms with Crippen molar-refractivity contribution in [2.75, 3.05) is 5.32 Å². The molecule has 0 spiro atoms. The van der Waals surface area contributed by atoms with E-state index in [1.54, 1.807) is 30.3 Å². The summed E-state index contributed by atoms with van der Waals surface area (Å²) in [5, 5.41) is 8.28. The van der Waals surface area contributed by atoms with Crippen LogP contribution in [0.5, 0.6) is 0 Å². The monoisotopic (exact) mass is 488 g/mol. The second-order valence-electron chi connectivity index (χ2n) is 7.74. The molecule has 1 atom stereocenters. The van der Waals surface area contributed by atoms with Crippen LogP contribution in [0.1, 0.15) is 50.4 Å². The third-order valence-electron chi connectivity index (χ3n) is 5.04. The number of imidazole rings is 1. The second-order valence-corrected chi connectivity index (χ2v) is 10.6. The number of amides is 1. The van der Waals surface area contributed by atoms with Crippen molar-refractivity contribution in [1.29, 1.82) is 0 Å². The van der Waals surface area contributed by atoms with Crippen LogP contribution in [-0.2, 0) is 21.4 Å². The molecule has 3 aromatic rings. The van der Waals surface area contributed by atoms with Crippen molar-refractivity contribution in [3.05, 3.63) is 48.0 Å². The summed E-state index contributed by atoms with van der Waals surface area (Å²) in [6.45, 7) is 6.47. The topological polar surface area (TPSA) is 124 Å². The van der Waals surface area contributed by atoms with E-state index in [-0.39, 0.29) is 16.6 Å². The number of ketones is 1. The Morgan fingerprint density at radius 1 is 1.12 bits per heavy atom. The quantitative estimate of drug-likeness (QED) is 0.326. The highest BCUT2D eigenvalue weighted by atomic mass is 32.2. The molecule has 0 saturated heterocycles. The van der Waals surface area contributed by atoms with Gasteiger partial charge in [-0.25, -0.2) is 18.5 Å². The molecule has 0 radical (unpaired) electrons. The van der Waals surface area contributed by atoms with Crippen LogP contribution in [0, 0.1) is 0 Å². The minimum absolute atomic E-state index is 0.00272. The van der Waals surface area contributed by atoms with Crippen molar-refractivity contribution in [1.82, 2.24) is 9.55 Å². The maximum absolute atomic E-state index is 13.0. The SMILES string of the molecule is CCCC(=O)Nc1ccc(C(=O)C(C)Sc2nc3cc(S(N)(=O)=O)ccc3n2CCC)cc1. The molecule has 1 aromatic heterocycles. The number of aromatic nitrogens is 2. The predicted molar refractivity (Wildman–Crippen MR) is 131 cm³/mol. The number of rotatable bonds is 10. The van der Waals surface area contributed by atoms with E-state index in [2.05, 4.69) is 10.3 Å². The van der Waals surface area contributed by atoms with E-state index in [1.807, 2.05) is 25.3 Å². The van der Waals surface area contributed by atoms with Crippen molar-refractivity contribution in [2.45, 2.75) is 61.9 Å². The molecule has 8 nitrogen and oxygen atoms in total. The van der Waals surface area contributed by atoms with Crippen LogP contribution < -0.4 is 10.5 Å². The zero-order valence-corrected chi connectivity index (χ0v) is 20.5. The summed E-state index contributed by atoms with van der Waals surface area (Å²) in [5.74, 6) is -0.118. The fourth-order valence-corrected chi connectivity index (χ4v) is 4.97. The average Bonchev–Trinajstić information content (AvgIpc) is 3.10. The molecule has 2 aromatic carbocycles. The van der Waals surface area contributed by atoms with Crippen molar-refractivity contribution in [3.8, 4) is 0 Å². The standard InChI is InChI=1S/C23H28N4O4S2/c1-4-6-21(28)25-17-9-7-16(8-10-17)22(29)15(3)32-23-26-19-14-18(33(24,30)31)11-12-20(19)27(23)13-5-2/h7-12,14-15H,4-6,13H2,1-3H3,(H,25,28)(H2,24,30,31). The smallest absolute Gasteiger partial charge is 0.238 e. The van der Waals surface area contributed by atoms with E-state index in [1.165, 1.54) is 23.9 Å². The highest BCUT2D eigenvalue weighted by Crippen LogP contribution is 2.30. The van der Waals surface area contributed by atoms with Crippen LogP contribution in [0.25, 0.3) is 11.0 Å². The van der Waals surface area contributed by atoms with Gasteiger partial charge in [0.2, 0.25) is 15.9 Å². The van der Waals surface area contributed by atoms with E-state index in [0.29, 0.717) is 34.9 Å². The summed E-state index contributed by atoms with van der Waals surface area (Å²) < 4.78 is 25.4. The van der Waals surface area contributed by atoms with E-state index in [0.717, 1.165) is 18.4 Å². The van der Waals surface area contributed by atoms with E-state index in [4.69, 9.17) is 5.14 Å². The first-order valence-electron chi connectivity index (χ1n) is 10.8. The van der Waals surface area contributed by atoms with Gasteiger partial charge in [-0.3, -0.25) is 9.59 Å². The maximum Gasteiger partial charge on any atom is 0.238 e. The third kappa shape index (κ3) is 6.01. The normalized spacial score (nSPS) is 12.6. The Hall–Kier alpha value is -2.69. The molecule has 0 saturated carbocycles. The number of aryl methyl sites for hydroxylation is 1. The van der Waals surface area contributed by atoms with Gasteiger partial charge in [0, 0.05) is 24.2 Å². The predicted octanol–water partition coefficient (Wildman–Crippen LogP) is 4.20. The molecule has 1 amide bonds. The van der Waals surface area contributed by atoms with E-state index >= 15 is 0 Å². The summed E-state index contributed by atoms with van der Waals surface area (Å²) in [5.41, 5.74) is 2.50. The Bertz CT molecular complexity index is 1270. The average molecular weight is 489 g/mol. The van der Waals surface area contributed by atoms with E-state index < -0.39 is 15.3 Å². The van der Waals surface area contributed by atoms with Gasteiger partial charge < -0.3 is 9.88 Å². The molecule has 3 N–H and O–H groups in total. The zero-order valence-electron chi connectivity index (χ0n) is 18.9. The molecule has 0 bridgehead atoms. The Morgan fingerprint density at radius 3 is 2.42 bits per heavy atom. The van der Waals surface area contributed by atoms with Gasteiger partial charge in [0.15, 0.2) is 10.9 Å². The third-order valence-corrected chi connectivity index (χ3v) is 7.04. The molecule has 10 heteroatoms. The fourth-order valence-electron chi connectivity index (χ4n) is 3.41. The summed E-state index contributed by atoms with van der Waals surface area (Å²) >= 11 is 1.33. The largest absolute Gasteiger partial charge is 0.326 e. The lowest BCUT2D eigenvalue weighted by atomic mass is 10.1. The summed E-state index contributed by atoms with van der Waals surface area (Å²) in [4.78, 5) is 29.4. The van der Waals surface area contributed by atoms with Crippen molar-refractivity contribution in [3.63, 3.8) is 0 Å². The van der Waals surface area contributed by atoms with Gasteiger partial charge in [0.25, 0.3) is 0 Å². The summed E-state index contributed by atoms with van der Waals surface area (Å²) in [6, 6.07) is 11.5. The summed E-state index contributed by atoms with van der Waals surface area (Å²) in [7, 11) is -3.83. The zero-order chi connectivity index (χ0) is 24.2. The van der Waals surface area contributed by atoms with Crippen molar-refractivity contribution >= 4 is 50.2 Å². The Kier molecular flexibility index (Phi) is 7.93.